The Hall–Kier alpha value is -2.04. The summed E-state index contributed by atoms with van der Waals surface area (Å²) in [5.41, 5.74) is 0. The van der Waals surface area contributed by atoms with Crippen LogP contribution in [0.2, 0.25) is 0 Å². The average Bonchev–Trinajstić information content (AvgIpc) is 2.35. The molecule has 0 rings (SSSR count). The Balaban J connectivity index is 0. The molecule has 0 N–H and O–H groups in total. The lowest BCUT2D eigenvalue weighted by atomic mass is 9.95. The van der Waals surface area contributed by atoms with Gasteiger partial charge in [0.1, 0.15) is 0 Å². The van der Waals surface area contributed by atoms with Crippen LogP contribution in [0.25, 0.3) is 0 Å². The summed E-state index contributed by atoms with van der Waals surface area (Å²) in [6.45, 7) is 5.57. The molecule has 0 amide bonds. The summed E-state index contributed by atoms with van der Waals surface area (Å²) in [4.78, 5) is 0. The van der Waals surface area contributed by atoms with Gasteiger partial charge in [0, 0.05) is 24.7 Å². The van der Waals surface area contributed by atoms with Crippen molar-refractivity contribution >= 4 is 0 Å². The van der Waals surface area contributed by atoms with Gasteiger partial charge in [0.2, 0.25) is 0 Å². The first-order chi connectivity index (χ1) is 8.03. The molecule has 0 aliphatic rings. The van der Waals surface area contributed by atoms with Crippen LogP contribution < -0.4 is 0 Å². The first-order valence-corrected chi connectivity index (χ1v) is 5.56. The van der Waals surface area contributed by atoms with E-state index in [2.05, 4.69) is 6.07 Å². The molecule has 0 radical (unpaired) electrons. The van der Waals surface area contributed by atoms with Crippen LogP contribution >= 0.6 is 0 Å². The molecule has 0 saturated heterocycles. The normalized spacial score (nSPS) is 13.4. The van der Waals surface area contributed by atoms with Crippen LogP contribution in [0.3, 0.4) is 0 Å². The maximum atomic E-state index is 8.37. The van der Waals surface area contributed by atoms with Crippen LogP contribution in [0.5, 0.6) is 0 Å². The van der Waals surface area contributed by atoms with Gasteiger partial charge in [0.25, 0.3) is 0 Å². The van der Waals surface area contributed by atoms with E-state index in [0.717, 1.165) is 0 Å². The standard InChI is InChI=1S/C7H10N2.C6H8N2/c1-6(3-4-8)7(2)5-9;1-6(5-8)3-2-4-7/h6-7H,3H2,1-2H3;6H,2-3H2,1H3. The van der Waals surface area contributed by atoms with Gasteiger partial charge in [-0.25, -0.2) is 0 Å². The molecule has 3 unspecified atom stereocenters. The average molecular weight is 230 g/mol. The first-order valence-electron chi connectivity index (χ1n) is 5.56. The molecule has 0 heterocycles. The Morgan fingerprint density at radius 2 is 1.47 bits per heavy atom. The van der Waals surface area contributed by atoms with Crippen molar-refractivity contribution in [3.8, 4) is 24.3 Å². The second-order valence-corrected chi connectivity index (χ2v) is 3.98. The number of hydrogen-bond acceptors (Lipinski definition) is 4. The Morgan fingerprint density at radius 1 is 0.882 bits per heavy atom. The van der Waals surface area contributed by atoms with E-state index in [1.54, 1.807) is 0 Å². The van der Waals surface area contributed by atoms with Crippen molar-refractivity contribution in [2.24, 2.45) is 17.8 Å². The van der Waals surface area contributed by atoms with Gasteiger partial charge >= 0.3 is 0 Å². The molecule has 0 spiro atoms. The Morgan fingerprint density at radius 3 is 1.82 bits per heavy atom. The number of hydrogen-bond donors (Lipinski definition) is 0. The third-order valence-corrected chi connectivity index (χ3v) is 2.38. The van der Waals surface area contributed by atoms with E-state index in [0.29, 0.717) is 19.3 Å². The highest BCUT2D eigenvalue weighted by Gasteiger charge is 2.09. The molecule has 0 aromatic heterocycles. The van der Waals surface area contributed by atoms with Gasteiger partial charge < -0.3 is 0 Å². The summed E-state index contributed by atoms with van der Waals surface area (Å²) in [6.07, 6.45) is 1.68. The van der Waals surface area contributed by atoms with E-state index in [9.17, 15) is 0 Å². The molecule has 0 fully saturated rings. The molecule has 17 heavy (non-hydrogen) atoms. The SMILES string of the molecule is CC(C#N)C(C)CC#N.CC(C#N)CCC#N. The minimum Gasteiger partial charge on any atom is -0.198 e. The van der Waals surface area contributed by atoms with E-state index in [4.69, 9.17) is 21.0 Å². The molecule has 0 bridgehead atoms. The molecule has 4 nitrogen and oxygen atoms in total. The summed E-state index contributed by atoms with van der Waals surface area (Å²) in [5, 5.41) is 32.8. The lowest BCUT2D eigenvalue weighted by molar-refractivity contribution is 0.479. The van der Waals surface area contributed by atoms with Crippen molar-refractivity contribution in [2.75, 3.05) is 0 Å². The summed E-state index contributed by atoms with van der Waals surface area (Å²) in [5.74, 6) is 0.249. The van der Waals surface area contributed by atoms with E-state index in [1.165, 1.54) is 0 Å². The largest absolute Gasteiger partial charge is 0.198 e. The van der Waals surface area contributed by atoms with Crippen LogP contribution in [0.15, 0.2) is 0 Å². The predicted molar refractivity (Wildman–Crippen MR) is 63.8 cm³/mol. The van der Waals surface area contributed by atoms with Crippen molar-refractivity contribution in [3.05, 3.63) is 0 Å². The maximum absolute atomic E-state index is 8.37. The third-order valence-electron chi connectivity index (χ3n) is 2.38. The van der Waals surface area contributed by atoms with Crippen molar-refractivity contribution in [2.45, 2.75) is 40.0 Å². The summed E-state index contributed by atoms with van der Waals surface area (Å²) < 4.78 is 0. The van der Waals surface area contributed by atoms with Crippen LogP contribution in [0.1, 0.15) is 40.0 Å². The van der Waals surface area contributed by atoms with Crippen molar-refractivity contribution in [1.29, 1.82) is 21.0 Å². The monoisotopic (exact) mass is 230 g/mol. The van der Waals surface area contributed by atoms with Gasteiger partial charge in [0.05, 0.1) is 24.3 Å². The second-order valence-electron chi connectivity index (χ2n) is 3.98. The lowest BCUT2D eigenvalue weighted by Gasteiger charge is -2.06. The number of nitriles is 4. The molecule has 4 heteroatoms. The van der Waals surface area contributed by atoms with Crippen LogP contribution in [-0.2, 0) is 0 Å². The third kappa shape index (κ3) is 11.9. The zero-order valence-corrected chi connectivity index (χ0v) is 10.6. The zero-order valence-electron chi connectivity index (χ0n) is 10.6. The molecule has 3 atom stereocenters. The lowest BCUT2D eigenvalue weighted by Crippen LogP contribution is -2.03. The molecular formula is C13H18N4. The fourth-order valence-electron chi connectivity index (χ4n) is 0.794. The molecular weight excluding hydrogens is 212 g/mol. The molecule has 0 aliphatic carbocycles. The van der Waals surface area contributed by atoms with Crippen LogP contribution in [-0.4, -0.2) is 0 Å². The Bertz CT molecular complexity index is 348. The minimum absolute atomic E-state index is 0.00431. The maximum Gasteiger partial charge on any atom is 0.0656 e. The van der Waals surface area contributed by atoms with E-state index in [-0.39, 0.29) is 17.8 Å². The van der Waals surface area contributed by atoms with Crippen molar-refractivity contribution < 1.29 is 0 Å². The first kappa shape index (κ1) is 17.4. The van der Waals surface area contributed by atoms with E-state index in [1.807, 2.05) is 39.0 Å². The van der Waals surface area contributed by atoms with Crippen LogP contribution in [0, 0.1) is 63.1 Å². The van der Waals surface area contributed by atoms with Gasteiger partial charge in [-0.1, -0.05) is 6.92 Å². The summed E-state index contributed by atoms with van der Waals surface area (Å²) >= 11 is 0. The van der Waals surface area contributed by atoms with E-state index >= 15 is 0 Å². The van der Waals surface area contributed by atoms with Gasteiger partial charge in [0.15, 0.2) is 0 Å². The van der Waals surface area contributed by atoms with E-state index < -0.39 is 0 Å². The topological polar surface area (TPSA) is 95.2 Å². The number of nitrogens with zero attached hydrogens (tertiary/aromatic N) is 4. The molecule has 90 valence electrons. The highest BCUT2D eigenvalue weighted by atomic mass is 14.3. The highest BCUT2D eigenvalue weighted by molar-refractivity contribution is 4.87. The minimum atomic E-state index is 0.00431. The molecule has 0 aliphatic heterocycles. The summed E-state index contributed by atoms with van der Waals surface area (Å²) in [7, 11) is 0. The van der Waals surface area contributed by atoms with Crippen molar-refractivity contribution in [3.63, 3.8) is 0 Å². The quantitative estimate of drug-likeness (QED) is 0.741. The zero-order chi connectivity index (χ0) is 13.7. The van der Waals surface area contributed by atoms with Crippen LogP contribution in [0.4, 0.5) is 0 Å². The van der Waals surface area contributed by atoms with Gasteiger partial charge in [-0.15, -0.1) is 0 Å². The molecule has 0 aromatic rings. The summed E-state index contributed by atoms with van der Waals surface area (Å²) in [6, 6.07) is 8.16. The van der Waals surface area contributed by atoms with Gasteiger partial charge in [-0.05, 0) is 26.2 Å². The predicted octanol–water partition coefficient (Wildman–Crippen LogP) is 3.15. The number of rotatable bonds is 4. The fourth-order valence-corrected chi connectivity index (χ4v) is 0.794. The highest BCUT2D eigenvalue weighted by Crippen LogP contribution is 2.12. The van der Waals surface area contributed by atoms with Crippen molar-refractivity contribution in [1.82, 2.24) is 0 Å². The Kier molecular flexibility index (Phi) is 12.3. The molecule has 0 aromatic carbocycles. The van der Waals surface area contributed by atoms with Gasteiger partial charge in [-0.3, -0.25) is 0 Å². The smallest absolute Gasteiger partial charge is 0.0656 e. The van der Waals surface area contributed by atoms with Gasteiger partial charge in [-0.2, -0.15) is 21.0 Å². The molecule has 0 saturated carbocycles. The fraction of sp³-hybridized carbons (Fsp3) is 0.692. The second kappa shape index (κ2) is 12.0. The Labute approximate surface area is 104 Å².